The van der Waals surface area contributed by atoms with Crippen LogP contribution in [0.4, 0.5) is 0 Å². The van der Waals surface area contributed by atoms with Gasteiger partial charge in [0.1, 0.15) is 0 Å². The lowest BCUT2D eigenvalue weighted by atomic mass is 10.2. The quantitative estimate of drug-likeness (QED) is 0.318. The molecule has 74 valence electrons. The van der Waals surface area contributed by atoms with Crippen molar-refractivity contribution in [3.05, 3.63) is 46.3 Å². The Balaban J connectivity index is 2.07. The summed E-state index contributed by atoms with van der Waals surface area (Å²) < 4.78 is 0. The minimum absolute atomic E-state index is 0.568. The number of rotatable bonds is 6. The van der Waals surface area contributed by atoms with Crippen molar-refractivity contribution in [3.8, 4) is 0 Å². The van der Waals surface area contributed by atoms with Gasteiger partial charge in [-0.15, -0.1) is 0 Å². The summed E-state index contributed by atoms with van der Waals surface area (Å²) in [6, 6.07) is 10.2. The Morgan fingerprint density at radius 1 is 1.29 bits per heavy atom. The second kappa shape index (κ2) is 6.95. The molecule has 0 aliphatic heterocycles. The normalized spacial score (nSPS) is 9.43. The molecule has 0 unspecified atom stereocenters. The van der Waals surface area contributed by atoms with Gasteiger partial charge in [-0.05, 0) is 24.1 Å². The number of nitrogens with zero attached hydrogens (tertiary/aromatic N) is 3. The predicted molar refractivity (Wildman–Crippen MR) is 56.8 cm³/mol. The Kier molecular flexibility index (Phi) is 5.25. The van der Waals surface area contributed by atoms with E-state index in [-0.39, 0.29) is 0 Å². The summed E-state index contributed by atoms with van der Waals surface area (Å²) in [4.78, 5) is 2.69. The molecule has 1 aromatic carbocycles. The van der Waals surface area contributed by atoms with Gasteiger partial charge in [0, 0.05) is 18.0 Å². The standard InChI is InChI=1S/C10H14N4/c11-14-13-8-4-7-12-9-10-5-2-1-3-6-10/h1-3,5-6,12H,4,7-9H2. The van der Waals surface area contributed by atoms with Crippen molar-refractivity contribution in [3.63, 3.8) is 0 Å². The first kappa shape index (κ1) is 10.6. The van der Waals surface area contributed by atoms with E-state index in [1.54, 1.807) is 0 Å². The summed E-state index contributed by atoms with van der Waals surface area (Å²) in [5.41, 5.74) is 9.31. The molecule has 0 aliphatic rings. The second-order valence-corrected chi connectivity index (χ2v) is 2.97. The highest BCUT2D eigenvalue weighted by atomic mass is 15.1. The van der Waals surface area contributed by atoms with Crippen molar-refractivity contribution in [1.82, 2.24) is 5.32 Å². The van der Waals surface area contributed by atoms with E-state index >= 15 is 0 Å². The first-order chi connectivity index (χ1) is 6.93. The third-order valence-electron chi connectivity index (χ3n) is 1.85. The Morgan fingerprint density at radius 3 is 2.79 bits per heavy atom. The summed E-state index contributed by atoms with van der Waals surface area (Å²) in [5, 5.41) is 6.73. The van der Waals surface area contributed by atoms with E-state index < -0.39 is 0 Å². The van der Waals surface area contributed by atoms with Crippen LogP contribution < -0.4 is 5.32 Å². The molecule has 0 bridgehead atoms. The van der Waals surface area contributed by atoms with Gasteiger partial charge < -0.3 is 5.32 Å². The fourth-order valence-electron chi connectivity index (χ4n) is 1.15. The third kappa shape index (κ3) is 4.50. The lowest BCUT2D eigenvalue weighted by Crippen LogP contribution is -2.15. The maximum absolute atomic E-state index is 8.04. The van der Waals surface area contributed by atoms with Crippen LogP contribution in [0.5, 0.6) is 0 Å². The second-order valence-electron chi connectivity index (χ2n) is 2.97. The maximum Gasteiger partial charge on any atom is 0.0269 e. The molecule has 1 N–H and O–H groups in total. The minimum atomic E-state index is 0.568. The first-order valence-corrected chi connectivity index (χ1v) is 4.69. The smallest absolute Gasteiger partial charge is 0.0269 e. The molecule has 0 saturated carbocycles. The Hall–Kier alpha value is -1.51. The highest BCUT2D eigenvalue weighted by Crippen LogP contribution is 1.96. The number of benzene rings is 1. The molecule has 14 heavy (non-hydrogen) atoms. The number of hydrogen-bond donors (Lipinski definition) is 1. The van der Waals surface area contributed by atoms with E-state index in [1.165, 1.54) is 5.56 Å². The lowest BCUT2D eigenvalue weighted by Gasteiger charge is -2.02. The van der Waals surface area contributed by atoms with Crippen molar-refractivity contribution < 1.29 is 0 Å². The van der Waals surface area contributed by atoms with Crippen LogP contribution in [0.15, 0.2) is 35.4 Å². The zero-order chi connectivity index (χ0) is 10.1. The van der Waals surface area contributed by atoms with Crippen LogP contribution >= 0.6 is 0 Å². The third-order valence-corrected chi connectivity index (χ3v) is 1.85. The van der Waals surface area contributed by atoms with Gasteiger partial charge in [0.05, 0.1) is 0 Å². The average molecular weight is 190 g/mol. The average Bonchev–Trinajstić information content (AvgIpc) is 2.25. The summed E-state index contributed by atoms with van der Waals surface area (Å²) in [6.45, 7) is 2.32. The molecule has 0 aromatic heterocycles. The predicted octanol–water partition coefficient (Wildman–Crippen LogP) is 2.48. The summed E-state index contributed by atoms with van der Waals surface area (Å²) in [6.07, 6.45) is 0.886. The Labute approximate surface area is 83.6 Å². The highest BCUT2D eigenvalue weighted by Gasteiger charge is 1.89. The molecule has 0 heterocycles. The molecule has 4 heteroatoms. The molecule has 0 atom stereocenters. The molecule has 1 aromatic rings. The topological polar surface area (TPSA) is 60.8 Å². The number of azide groups is 1. The molecule has 0 fully saturated rings. The van der Waals surface area contributed by atoms with Gasteiger partial charge in [0.15, 0.2) is 0 Å². The van der Waals surface area contributed by atoms with E-state index in [1.807, 2.05) is 18.2 Å². The molecule has 1 rings (SSSR count). The van der Waals surface area contributed by atoms with Gasteiger partial charge in [0.25, 0.3) is 0 Å². The maximum atomic E-state index is 8.04. The zero-order valence-electron chi connectivity index (χ0n) is 8.06. The van der Waals surface area contributed by atoms with Gasteiger partial charge in [-0.2, -0.15) is 0 Å². The van der Waals surface area contributed by atoms with Gasteiger partial charge in [-0.25, -0.2) is 0 Å². The molecular weight excluding hydrogens is 176 g/mol. The van der Waals surface area contributed by atoms with Crippen LogP contribution in [0.25, 0.3) is 10.4 Å². The van der Waals surface area contributed by atoms with Gasteiger partial charge >= 0.3 is 0 Å². The Morgan fingerprint density at radius 2 is 2.07 bits per heavy atom. The number of nitrogens with one attached hydrogen (secondary N) is 1. The molecule has 4 nitrogen and oxygen atoms in total. The van der Waals surface area contributed by atoms with E-state index in [0.717, 1.165) is 19.5 Å². The van der Waals surface area contributed by atoms with E-state index in [2.05, 4.69) is 27.5 Å². The monoisotopic (exact) mass is 190 g/mol. The first-order valence-electron chi connectivity index (χ1n) is 4.69. The lowest BCUT2D eigenvalue weighted by molar-refractivity contribution is 0.654. The summed E-state index contributed by atoms with van der Waals surface area (Å²) in [7, 11) is 0. The molecular formula is C10H14N4. The van der Waals surface area contributed by atoms with Crippen LogP contribution in [0, 0.1) is 0 Å². The minimum Gasteiger partial charge on any atom is -0.313 e. The van der Waals surface area contributed by atoms with E-state index in [0.29, 0.717) is 6.54 Å². The van der Waals surface area contributed by atoms with Crippen LogP contribution in [0.2, 0.25) is 0 Å². The molecule has 0 aliphatic carbocycles. The molecule has 0 radical (unpaired) electrons. The van der Waals surface area contributed by atoms with Crippen molar-refractivity contribution in [2.45, 2.75) is 13.0 Å². The summed E-state index contributed by atoms with van der Waals surface area (Å²) >= 11 is 0. The number of hydrogen-bond acceptors (Lipinski definition) is 2. The van der Waals surface area contributed by atoms with Crippen LogP contribution in [-0.2, 0) is 6.54 Å². The SMILES string of the molecule is [N-]=[N+]=NCCCNCc1ccccc1. The van der Waals surface area contributed by atoms with Gasteiger partial charge in [0.2, 0.25) is 0 Å². The Bertz CT molecular complexity index is 290. The van der Waals surface area contributed by atoms with E-state index in [9.17, 15) is 0 Å². The fourth-order valence-corrected chi connectivity index (χ4v) is 1.15. The molecule has 0 saturated heterocycles. The largest absolute Gasteiger partial charge is 0.313 e. The van der Waals surface area contributed by atoms with Gasteiger partial charge in [-0.3, -0.25) is 0 Å². The fraction of sp³-hybridized carbons (Fsp3) is 0.400. The molecule has 0 spiro atoms. The summed E-state index contributed by atoms with van der Waals surface area (Å²) in [5.74, 6) is 0. The molecule has 0 amide bonds. The van der Waals surface area contributed by atoms with Crippen molar-refractivity contribution in [1.29, 1.82) is 0 Å². The van der Waals surface area contributed by atoms with Crippen LogP contribution in [0.3, 0.4) is 0 Å². The van der Waals surface area contributed by atoms with E-state index in [4.69, 9.17) is 5.53 Å². The van der Waals surface area contributed by atoms with Crippen molar-refractivity contribution >= 4 is 0 Å². The van der Waals surface area contributed by atoms with Gasteiger partial charge in [-0.1, -0.05) is 35.4 Å². The van der Waals surface area contributed by atoms with Crippen LogP contribution in [0.1, 0.15) is 12.0 Å². The highest BCUT2D eigenvalue weighted by molar-refractivity contribution is 5.14. The van der Waals surface area contributed by atoms with Crippen molar-refractivity contribution in [2.75, 3.05) is 13.1 Å². The zero-order valence-corrected chi connectivity index (χ0v) is 8.06. The van der Waals surface area contributed by atoms with Crippen LogP contribution in [-0.4, -0.2) is 13.1 Å². The van der Waals surface area contributed by atoms with Crippen molar-refractivity contribution in [2.24, 2.45) is 5.11 Å².